The van der Waals surface area contributed by atoms with Crippen LogP contribution in [0.1, 0.15) is 17.4 Å². The van der Waals surface area contributed by atoms with Crippen LogP contribution in [0, 0.1) is 0 Å². The third-order valence-electron chi connectivity index (χ3n) is 2.01. The van der Waals surface area contributed by atoms with Crippen molar-refractivity contribution in [3.8, 4) is 0 Å². The van der Waals surface area contributed by atoms with Gasteiger partial charge in [-0.3, -0.25) is 0 Å². The molecule has 1 fully saturated rings. The van der Waals surface area contributed by atoms with Crippen molar-refractivity contribution in [3.05, 3.63) is 35.4 Å². The maximum Gasteiger partial charge on any atom is 0.184 e. The number of hydrogen-bond donors (Lipinski definition) is 1. The molecule has 4 heteroatoms. The van der Waals surface area contributed by atoms with E-state index in [1.165, 1.54) is 6.21 Å². The van der Waals surface area contributed by atoms with Crippen molar-refractivity contribution in [3.63, 3.8) is 0 Å². The first-order valence-electron chi connectivity index (χ1n) is 4.41. The highest BCUT2D eigenvalue weighted by Gasteiger charge is 2.17. The topological polar surface area (TPSA) is 51.1 Å². The van der Waals surface area contributed by atoms with Gasteiger partial charge in [-0.15, -0.1) is 0 Å². The average molecular weight is 193 g/mol. The first-order chi connectivity index (χ1) is 6.90. The zero-order valence-electron chi connectivity index (χ0n) is 7.59. The van der Waals surface area contributed by atoms with Crippen molar-refractivity contribution in [2.75, 3.05) is 13.2 Å². The Labute approximate surface area is 81.8 Å². The van der Waals surface area contributed by atoms with Crippen molar-refractivity contribution in [2.24, 2.45) is 5.16 Å². The van der Waals surface area contributed by atoms with Gasteiger partial charge in [0.15, 0.2) is 6.29 Å². The molecule has 1 aliphatic heterocycles. The molecule has 14 heavy (non-hydrogen) atoms. The van der Waals surface area contributed by atoms with Gasteiger partial charge in [0.2, 0.25) is 0 Å². The van der Waals surface area contributed by atoms with Gasteiger partial charge in [0.25, 0.3) is 0 Å². The molecule has 0 spiro atoms. The molecular formula is C10H11NO3. The van der Waals surface area contributed by atoms with Gasteiger partial charge >= 0.3 is 0 Å². The van der Waals surface area contributed by atoms with Crippen LogP contribution in [0.15, 0.2) is 29.4 Å². The van der Waals surface area contributed by atoms with Gasteiger partial charge in [0, 0.05) is 5.56 Å². The number of oxime groups is 1. The number of benzene rings is 1. The van der Waals surface area contributed by atoms with E-state index in [1.54, 1.807) is 0 Å². The first-order valence-corrected chi connectivity index (χ1v) is 4.41. The van der Waals surface area contributed by atoms with Crippen LogP contribution in [-0.2, 0) is 9.47 Å². The van der Waals surface area contributed by atoms with Gasteiger partial charge in [-0.05, 0) is 11.6 Å². The summed E-state index contributed by atoms with van der Waals surface area (Å²) in [7, 11) is 0. The smallest absolute Gasteiger partial charge is 0.184 e. The Morgan fingerprint density at radius 2 is 2.14 bits per heavy atom. The lowest BCUT2D eigenvalue weighted by molar-refractivity contribution is -0.0441. The molecule has 0 aromatic heterocycles. The molecule has 1 saturated heterocycles. The molecule has 4 nitrogen and oxygen atoms in total. The molecular weight excluding hydrogens is 182 g/mol. The Hall–Kier alpha value is -1.39. The third kappa shape index (κ3) is 1.92. The molecule has 0 bridgehead atoms. The fourth-order valence-electron chi connectivity index (χ4n) is 1.40. The van der Waals surface area contributed by atoms with E-state index in [0.717, 1.165) is 11.1 Å². The quantitative estimate of drug-likeness (QED) is 0.440. The average Bonchev–Trinajstić information content (AvgIpc) is 2.71. The third-order valence-corrected chi connectivity index (χ3v) is 2.01. The maximum atomic E-state index is 8.38. The van der Waals surface area contributed by atoms with Gasteiger partial charge in [-0.25, -0.2) is 0 Å². The second-order valence-corrected chi connectivity index (χ2v) is 2.99. The van der Waals surface area contributed by atoms with E-state index < -0.39 is 0 Å². The summed E-state index contributed by atoms with van der Waals surface area (Å²) in [5, 5.41) is 11.3. The first kappa shape index (κ1) is 9.18. The number of ether oxygens (including phenoxy) is 2. The highest BCUT2D eigenvalue weighted by atomic mass is 16.7. The minimum Gasteiger partial charge on any atom is -0.411 e. The van der Waals surface area contributed by atoms with Gasteiger partial charge in [-0.1, -0.05) is 23.4 Å². The summed E-state index contributed by atoms with van der Waals surface area (Å²) in [5.41, 5.74) is 1.77. The SMILES string of the molecule is ON=Cc1cccc(C2OCCO2)c1. The van der Waals surface area contributed by atoms with Gasteiger partial charge < -0.3 is 14.7 Å². The molecule has 74 valence electrons. The predicted molar refractivity (Wildman–Crippen MR) is 50.5 cm³/mol. The highest BCUT2D eigenvalue weighted by Crippen LogP contribution is 2.23. The number of rotatable bonds is 2. The van der Waals surface area contributed by atoms with Gasteiger partial charge in [-0.2, -0.15) is 0 Å². The Morgan fingerprint density at radius 3 is 2.86 bits per heavy atom. The van der Waals surface area contributed by atoms with Crippen molar-refractivity contribution in [1.82, 2.24) is 0 Å². The molecule has 0 unspecified atom stereocenters. The van der Waals surface area contributed by atoms with E-state index in [1.807, 2.05) is 24.3 Å². The summed E-state index contributed by atoms with van der Waals surface area (Å²) < 4.78 is 10.7. The van der Waals surface area contributed by atoms with E-state index in [-0.39, 0.29) is 6.29 Å². The highest BCUT2D eigenvalue weighted by molar-refractivity contribution is 5.79. The number of nitrogens with zero attached hydrogens (tertiary/aromatic N) is 1. The zero-order chi connectivity index (χ0) is 9.80. The lowest BCUT2D eigenvalue weighted by Crippen LogP contribution is -1.98. The van der Waals surface area contributed by atoms with Crippen LogP contribution in [0.25, 0.3) is 0 Å². The molecule has 1 heterocycles. The summed E-state index contributed by atoms with van der Waals surface area (Å²) in [6.07, 6.45) is 1.10. The lowest BCUT2D eigenvalue weighted by Gasteiger charge is -2.09. The van der Waals surface area contributed by atoms with Crippen LogP contribution in [0.2, 0.25) is 0 Å². The predicted octanol–water partition coefficient (Wildman–Crippen LogP) is 1.54. The van der Waals surface area contributed by atoms with Crippen molar-refractivity contribution >= 4 is 6.21 Å². The van der Waals surface area contributed by atoms with Crippen LogP contribution in [-0.4, -0.2) is 24.6 Å². The van der Waals surface area contributed by atoms with E-state index >= 15 is 0 Å². The molecule has 1 aromatic rings. The summed E-state index contributed by atoms with van der Waals surface area (Å²) in [6, 6.07) is 7.51. The normalized spacial score (nSPS) is 18.0. The fourth-order valence-corrected chi connectivity index (χ4v) is 1.40. The van der Waals surface area contributed by atoms with E-state index in [4.69, 9.17) is 14.7 Å². The van der Waals surface area contributed by atoms with E-state index in [0.29, 0.717) is 13.2 Å². The molecule has 1 N–H and O–H groups in total. The standard InChI is InChI=1S/C10H11NO3/c12-11-7-8-2-1-3-9(6-8)10-13-4-5-14-10/h1-3,6-7,10,12H,4-5H2. The number of hydrogen-bond acceptors (Lipinski definition) is 4. The molecule has 0 amide bonds. The van der Waals surface area contributed by atoms with Crippen molar-refractivity contribution < 1.29 is 14.7 Å². The van der Waals surface area contributed by atoms with Gasteiger partial charge in [0.1, 0.15) is 0 Å². The van der Waals surface area contributed by atoms with Gasteiger partial charge in [0.05, 0.1) is 19.4 Å². The molecule has 1 aromatic carbocycles. The monoisotopic (exact) mass is 193 g/mol. The lowest BCUT2D eigenvalue weighted by atomic mass is 10.1. The Kier molecular flexibility index (Phi) is 2.76. The molecule has 0 saturated carbocycles. The summed E-state index contributed by atoms with van der Waals surface area (Å²) in [4.78, 5) is 0. The Balaban J connectivity index is 2.20. The van der Waals surface area contributed by atoms with Crippen molar-refractivity contribution in [2.45, 2.75) is 6.29 Å². The van der Waals surface area contributed by atoms with Crippen LogP contribution in [0.4, 0.5) is 0 Å². The largest absolute Gasteiger partial charge is 0.411 e. The Morgan fingerprint density at radius 1 is 1.36 bits per heavy atom. The molecule has 0 aliphatic carbocycles. The van der Waals surface area contributed by atoms with E-state index in [2.05, 4.69) is 5.16 Å². The molecule has 0 atom stereocenters. The zero-order valence-corrected chi connectivity index (χ0v) is 7.59. The summed E-state index contributed by atoms with van der Waals surface area (Å²) >= 11 is 0. The maximum absolute atomic E-state index is 8.38. The van der Waals surface area contributed by atoms with Crippen LogP contribution in [0.3, 0.4) is 0 Å². The molecule has 2 rings (SSSR count). The molecule has 0 radical (unpaired) electrons. The fraction of sp³-hybridized carbons (Fsp3) is 0.300. The second kappa shape index (κ2) is 4.21. The van der Waals surface area contributed by atoms with Crippen LogP contribution < -0.4 is 0 Å². The second-order valence-electron chi connectivity index (χ2n) is 2.99. The van der Waals surface area contributed by atoms with E-state index in [9.17, 15) is 0 Å². The summed E-state index contributed by atoms with van der Waals surface area (Å²) in [5.74, 6) is 0. The van der Waals surface area contributed by atoms with Crippen molar-refractivity contribution in [1.29, 1.82) is 0 Å². The minimum absolute atomic E-state index is 0.276. The molecule has 1 aliphatic rings. The Bertz CT molecular complexity index is 332. The van der Waals surface area contributed by atoms with Crippen LogP contribution >= 0.6 is 0 Å². The minimum atomic E-state index is -0.276. The van der Waals surface area contributed by atoms with Crippen LogP contribution in [0.5, 0.6) is 0 Å². The summed E-state index contributed by atoms with van der Waals surface area (Å²) in [6.45, 7) is 1.26.